The van der Waals surface area contributed by atoms with Gasteiger partial charge in [-0.05, 0) is 42.8 Å². The van der Waals surface area contributed by atoms with Crippen molar-refractivity contribution in [2.24, 2.45) is 0 Å². The number of hydrogen-bond donors (Lipinski definition) is 0. The molecular weight excluding hydrogens is 340 g/mol. The maximum Gasteiger partial charge on any atom is 0.336 e. The minimum absolute atomic E-state index is 0.393. The molecule has 0 N–H and O–H groups in total. The van der Waals surface area contributed by atoms with Gasteiger partial charge in [0.2, 0.25) is 5.89 Å². The smallest absolute Gasteiger partial charge is 0.336 e. The monoisotopic (exact) mass is 356 g/mol. The Kier molecular flexibility index (Phi) is 4.49. The van der Waals surface area contributed by atoms with Crippen LogP contribution in [0.5, 0.6) is 5.75 Å². The molecule has 5 nitrogen and oxygen atoms in total. The summed E-state index contributed by atoms with van der Waals surface area (Å²) in [5, 5.41) is 0. The largest absolute Gasteiger partial charge is 0.435 e. The highest BCUT2D eigenvalue weighted by Crippen LogP contribution is 2.26. The number of aryl methyl sites for hydroxylation is 1. The molecule has 2 aromatic carbocycles. The van der Waals surface area contributed by atoms with Crippen molar-refractivity contribution in [1.82, 2.24) is 9.97 Å². The first-order chi connectivity index (χ1) is 13.2. The highest BCUT2D eigenvalue weighted by atomic mass is 16.5. The zero-order valence-electron chi connectivity index (χ0n) is 14.6. The third kappa shape index (κ3) is 3.93. The number of oxazole rings is 1. The van der Waals surface area contributed by atoms with Crippen LogP contribution in [-0.4, -0.2) is 15.9 Å². The second-order valence-corrected chi connectivity index (χ2v) is 6.03. The molecule has 0 fully saturated rings. The van der Waals surface area contributed by atoms with Gasteiger partial charge in [0, 0.05) is 18.3 Å². The zero-order chi connectivity index (χ0) is 18.6. The van der Waals surface area contributed by atoms with E-state index in [1.807, 2.05) is 49.4 Å². The van der Waals surface area contributed by atoms with Crippen molar-refractivity contribution < 1.29 is 13.9 Å². The molecule has 2 heterocycles. The topological polar surface area (TPSA) is 65.2 Å². The van der Waals surface area contributed by atoms with Gasteiger partial charge in [-0.3, -0.25) is 4.98 Å². The molecule has 0 atom stereocenters. The van der Waals surface area contributed by atoms with Gasteiger partial charge in [-0.15, -0.1) is 0 Å². The lowest BCUT2D eigenvalue weighted by molar-refractivity contribution is -0.128. The van der Waals surface area contributed by atoms with E-state index in [0.717, 1.165) is 5.56 Å². The van der Waals surface area contributed by atoms with Crippen LogP contribution in [-0.2, 0) is 4.79 Å². The van der Waals surface area contributed by atoms with Crippen LogP contribution < -0.4 is 4.74 Å². The van der Waals surface area contributed by atoms with Gasteiger partial charge >= 0.3 is 5.97 Å². The Morgan fingerprint density at radius 2 is 1.93 bits per heavy atom. The van der Waals surface area contributed by atoms with Crippen molar-refractivity contribution in [3.63, 3.8) is 0 Å². The second kappa shape index (κ2) is 7.25. The Balaban J connectivity index is 1.50. The number of rotatable bonds is 4. The van der Waals surface area contributed by atoms with E-state index in [2.05, 4.69) is 9.97 Å². The summed E-state index contributed by atoms with van der Waals surface area (Å²) in [6.45, 7) is 2.01. The van der Waals surface area contributed by atoms with Gasteiger partial charge in [-0.25, -0.2) is 9.78 Å². The molecular formula is C22H16N2O3. The number of aromatic nitrogens is 2. The third-order valence-corrected chi connectivity index (χ3v) is 3.95. The van der Waals surface area contributed by atoms with Crippen molar-refractivity contribution in [2.75, 3.05) is 0 Å². The standard InChI is InChI=1S/C22H16N2O3/c1-15-5-7-16(8-6-15)9-12-21(25)26-17-10-11-18-20(14-17)27-22(24-18)19-4-2-3-13-23-19/h2-14H,1H3/b12-9+. The predicted octanol–water partition coefficient (Wildman–Crippen LogP) is 4.82. The van der Waals surface area contributed by atoms with Crippen LogP contribution in [0.15, 0.2) is 77.4 Å². The molecule has 0 radical (unpaired) electrons. The molecule has 0 saturated carbocycles. The molecule has 0 saturated heterocycles. The number of benzene rings is 2. The first-order valence-corrected chi connectivity index (χ1v) is 8.46. The summed E-state index contributed by atoms with van der Waals surface area (Å²) in [7, 11) is 0. The van der Waals surface area contributed by atoms with Crippen molar-refractivity contribution in [2.45, 2.75) is 6.92 Å². The number of ether oxygens (including phenoxy) is 1. The number of nitrogens with zero attached hydrogens (tertiary/aromatic N) is 2. The number of carbonyl (C=O) groups excluding carboxylic acids is 1. The van der Waals surface area contributed by atoms with Crippen LogP contribution in [0.2, 0.25) is 0 Å². The molecule has 27 heavy (non-hydrogen) atoms. The Morgan fingerprint density at radius 1 is 1.07 bits per heavy atom. The van der Waals surface area contributed by atoms with E-state index in [1.54, 1.807) is 30.5 Å². The average Bonchev–Trinajstić information content (AvgIpc) is 3.12. The summed E-state index contributed by atoms with van der Waals surface area (Å²) in [6.07, 6.45) is 4.79. The van der Waals surface area contributed by atoms with Gasteiger partial charge in [0.15, 0.2) is 5.58 Å². The van der Waals surface area contributed by atoms with Crippen LogP contribution in [0.3, 0.4) is 0 Å². The van der Waals surface area contributed by atoms with Crippen molar-refractivity contribution >= 4 is 23.1 Å². The zero-order valence-corrected chi connectivity index (χ0v) is 14.6. The van der Waals surface area contributed by atoms with Gasteiger partial charge in [-0.2, -0.15) is 0 Å². The minimum Gasteiger partial charge on any atom is -0.435 e. The molecule has 0 bridgehead atoms. The van der Waals surface area contributed by atoms with Crippen molar-refractivity contribution in [1.29, 1.82) is 0 Å². The quantitative estimate of drug-likeness (QED) is 0.298. The average molecular weight is 356 g/mol. The van der Waals surface area contributed by atoms with E-state index in [4.69, 9.17) is 9.15 Å². The maximum absolute atomic E-state index is 12.1. The van der Waals surface area contributed by atoms with Gasteiger partial charge < -0.3 is 9.15 Å². The van der Waals surface area contributed by atoms with Crippen LogP contribution in [0, 0.1) is 6.92 Å². The first kappa shape index (κ1) is 16.7. The van der Waals surface area contributed by atoms with Gasteiger partial charge in [-0.1, -0.05) is 35.9 Å². The summed E-state index contributed by atoms with van der Waals surface area (Å²) < 4.78 is 11.1. The molecule has 0 amide bonds. The molecule has 5 heteroatoms. The normalized spacial score (nSPS) is 11.1. The fourth-order valence-electron chi connectivity index (χ4n) is 2.56. The lowest BCUT2D eigenvalue weighted by Crippen LogP contribution is -2.03. The number of pyridine rings is 1. The molecule has 2 aromatic heterocycles. The van der Waals surface area contributed by atoms with E-state index >= 15 is 0 Å². The van der Waals surface area contributed by atoms with Gasteiger partial charge in [0.25, 0.3) is 0 Å². The van der Waals surface area contributed by atoms with E-state index in [1.165, 1.54) is 11.6 Å². The lowest BCUT2D eigenvalue weighted by atomic mass is 10.1. The minimum atomic E-state index is -0.459. The Morgan fingerprint density at radius 3 is 2.70 bits per heavy atom. The van der Waals surface area contributed by atoms with Crippen LogP contribution in [0.25, 0.3) is 28.8 Å². The summed E-state index contributed by atoms with van der Waals surface area (Å²) in [6, 6.07) is 18.5. The number of esters is 1. The molecule has 4 rings (SSSR count). The van der Waals surface area contributed by atoms with Crippen molar-refractivity contribution in [3.8, 4) is 17.3 Å². The van der Waals surface area contributed by atoms with E-state index in [9.17, 15) is 4.79 Å². The number of carbonyl (C=O) groups is 1. The summed E-state index contributed by atoms with van der Waals surface area (Å²) in [5.41, 5.74) is 3.95. The maximum atomic E-state index is 12.1. The molecule has 0 unspecified atom stereocenters. The van der Waals surface area contributed by atoms with Crippen LogP contribution in [0.4, 0.5) is 0 Å². The fraction of sp³-hybridized carbons (Fsp3) is 0.0455. The Bertz CT molecular complexity index is 1110. The molecule has 132 valence electrons. The van der Waals surface area contributed by atoms with Crippen LogP contribution >= 0.6 is 0 Å². The van der Waals surface area contributed by atoms with Crippen molar-refractivity contribution in [3.05, 3.63) is 84.1 Å². The highest BCUT2D eigenvalue weighted by Gasteiger charge is 2.10. The second-order valence-electron chi connectivity index (χ2n) is 6.03. The SMILES string of the molecule is Cc1ccc(/C=C/C(=O)Oc2ccc3nc(-c4ccccn4)oc3c2)cc1. The molecule has 0 aliphatic rings. The van der Waals surface area contributed by atoms with E-state index in [-0.39, 0.29) is 0 Å². The molecule has 0 aliphatic carbocycles. The first-order valence-electron chi connectivity index (χ1n) is 8.46. The number of fused-ring (bicyclic) bond motifs is 1. The number of hydrogen-bond acceptors (Lipinski definition) is 5. The van der Waals surface area contributed by atoms with Crippen LogP contribution in [0.1, 0.15) is 11.1 Å². The Hall–Kier alpha value is -3.73. The lowest BCUT2D eigenvalue weighted by Gasteiger charge is -2.00. The van der Waals surface area contributed by atoms with Gasteiger partial charge in [0.1, 0.15) is 17.0 Å². The molecule has 4 aromatic rings. The summed E-state index contributed by atoms with van der Waals surface area (Å²) in [5.74, 6) is 0.359. The summed E-state index contributed by atoms with van der Waals surface area (Å²) >= 11 is 0. The Labute approximate surface area is 156 Å². The van der Waals surface area contributed by atoms with E-state index in [0.29, 0.717) is 28.4 Å². The molecule has 0 aliphatic heterocycles. The molecule has 0 spiro atoms. The summed E-state index contributed by atoms with van der Waals surface area (Å²) in [4.78, 5) is 20.7. The fourth-order valence-corrected chi connectivity index (χ4v) is 2.56. The predicted molar refractivity (Wildman–Crippen MR) is 103 cm³/mol. The third-order valence-electron chi connectivity index (χ3n) is 3.95. The van der Waals surface area contributed by atoms with E-state index < -0.39 is 5.97 Å². The van der Waals surface area contributed by atoms with Gasteiger partial charge in [0.05, 0.1) is 0 Å². The highest BCUT2D eigenvalue weighted by molar-refractivity contribution is 5.89.